The molecule has 0 spiro atoms. The zero-order valence-electron chi connectivity index (χ0n) is 11.6. The van der Waals surface area contributed by atoms with Gasteiger partial charge in [0, 0.05) is 5.56 Å². The van der Waals surface area contributed by atoms with Crippen LogP contribution in [0.3, 0.4) is 0 Å². The summed E-state index contributed by atoms with van der Waals surface area (Å²) in [6, 6.07) is 14.1. The van der Waals surface area contributed by atoms with Crippen LogP contribution < -0.4 is 0 Å². The Morgan fingerprint density at radius 3 is 2.57 bits per heavy atom. The van der Waals surface area contributed by atoms with Gasteiger partial charge in [-0.1, -0.05) is 29.4 Å². The van der Waals surface area contributed by atoms with Crippen molar-refractivity contribution >= 4 is 27.5 Å². The maximum absolute atomic E-state index is 10.9. The van der Waals surface area contributed by atoms with Gasteiger partial charge in [-0.3, -0.25) is 0 Å². The molecule has 4 rings (SSSR count). The van der Waals surface area contributed by atoms with Crippen molar-refractivity contribution in [3.63, 3.8) is 0 Å². The fourth-order valence-corrected chi connectivity index (χ4v) is 3.04. The number of carbonyl (C=O) groups is 1. The summed E-state index contributed by atoms with van der Waals surface area (Å²) in [7, 11) is 0. The average molecular weight is 323 g/mol. The molecule has 2 aromatic carbocycles. The fourth-order valence-electron chi connectivity index (χ4n) is 2.15. The van der Waals surface area contributed by atoms with Gasteiger partial charge >= 0.3 is 5.97 Å². The Morgan fingerprint density at radius 1 is 1.04 bits per heavy atom. The van der Waals surface area contributed by atoms with Crippen molar-refractivity contribution in [2.75, 3.05) is 0 Å². The number of thiazole rings is 1. The Bertz CT molecular complexity index is 972. The number of aromatic nitrogens is 3. The minimum atomic E-state index is -0.972. The number of para-hydroxylation sites is 1. The van der Waals surface area contributed by atoms with Gasteiger partial charge in [0.2, 0.25) is 5.82 Å². The minimum absolute atomic E-state index is 0.212. The van der Waals surface area contributed by atoms with Crippen LogP contribution in [0.25, 0.3) is 32.5 Å². The largest absolute Gasteiger partial charge is 0.478 e. The van der Waals surface area contributed by atoms with Crippen molar-refractivity contribution in [1.82, 2.24) is 15.1 Å². The topological polar surface area (TPSA) is 89.1 Å². The van der Waals surface area contributed by atoms with Crippen LogP contribution in [-0.2, 0) is 0 Å². The molecule has 0 saturated heterocycles. The molecule has 2 aromatic heterocycles. The van der Waals surface area contributed by atoms with Crippen LogP contribution >= 0.6 is 11.3 Å². The van der Waals surface area contributed by atoms with Crippen LogP contribution in [0.15, 0.2) is 53.1 Å². The summed E-state index contributed by atoms with van der Waals surface area (Å²) in [6.45, 7) is 0. The Kier molecular flexibility index (Phi) is 3.13. The maximum Gasteiger partial charge on any atom is 0.335 e. The molecule has 0 atom stereocenters. The highest BCUT2D eigenvalue weighted by Gasteiger charge is 2.15. The predicted molar refractivity (Wildman–Crippen MR) is 85.3 cm³/mol. The number of hydrogen-bond donors (Lipinski definition) is 1. The van der Waals surface area contributed by atoms with Crippen LogP contribution in [0.4, 0.5) is 0 Å². The van der Waals surface area contributed by atoms with Crippen molar-refractivity contribution in [3.05, 3.63) is 54.1 Å². The summed E-state index contributed by atoms with van der Waals surface area (Å²) in [5.74, 6) is -0.223. The molecule has 23 heavy (non-hydrogen) atoms. The highest BCUT2D eigenvalue weighted by Crippen LogP contribution is 2.30. The van der Waals surface area contributed by atoms with Crippen molar-refractivity contribution in [2.24, 2.45) is 0 Å². The van der Waals surface area contributed by atoms with Crippen LogP contribution in [0.1, 0.15) is 10.4 Å². The first-order chi connectivity index (χ1) is 11.2. The first-order valence-corrected chi connectivity index (χ1v) is 7.56. The third-order valence-corrected chi connectivity index (χ3v) is 4.32. The number of carboxylic acids is 1. The van der Waals surface area contributed by atoms with E-state index in [2.05, 4.69) is 15.1 Å². The summed E-state index contributed by atoms with van der Waals surface area (Å²) < 4.78 is 6.33. The lowest BCUT2D eigenvalue weighted by Gasteiger charge is -1.95. The lowest BCUT2D eigenvalue weighted by atomic mass is 10.1. The second-order valence-electron chi connectivity index (χ2n) is 4.79. The SMILES string of the molecule is O=C(O)c1ccc(-c2noc(-c3nc4ccccc4s3)n2)cc1. The molecule has 6 nitrogen and oxygen atoms in total. The summed E-state index contributed by atoms with van der Waals surface area (Å²) >= 11 is 1.48. The van der Waals surface area contributed by atoms with E-state index >= 15 is 0 Å². The van der Waals surface area contributed by atoms with Gasteiger partial charge in [0.1, 0.15) is 0 Å². The van der Waals surface area contributed by atoms with Crippen molar-refractivity contribution < 1.29 is 14.4 Å². The lowest BCUT2D eigenvalue weighted by molar-refractivity contribution is 0.0697. The molecule has 112 valence electrons. The zero-order valence-corrected chi connectivity index (χ0v) is 12.4. The van der Waals surface area contributed by atoms with Gasteiger partial charge in [-0.05, 0) is 24.3 Å². The van der Waals surface area contributed by atoms with Gasteiger partial charge in [-0.2, -0.15) is 4.98 Å². The third kappa shape index (κ3) is 2.47. The van der Waals surface area contributed by atoms with E-state index in [0.29, 0.717) is 22.3 Å². The van der Waals surface area contributed by atoms with Crippen molar-refractivity contribution in [2.45, 2.75) is 0 Å². The summed E-state index contributed by atoms with van der Waals surface area (Å²) in [4.78, 5) is 19.7. The first-order valence-electron chi connectivity index (χ1n) is 6.74. The fraction of sp³-hybridized carbons (Fsp3) is 0. The van der Waals surface area contributed by atoms with Crippen molar-refractivity contribution in [3.8, 4) is 22.3 Å². The maximum atomic E-state index is 10.9. The Labute approximate surface area is 134 Å². The Morgan fingerprint density at radius 2 is 1.83 bits per heavy atom. The number of benzene rings is 2. The van der Waals surface area contributed by atoms with E-state index in [9.17, 15) is 4.79 Å². The van der Waals surface area contributed by atoms with E-state index in [-0.39, 0.29) is 5.56 Å². The van der Waals surface area contributed by atoms with Crippen LogP contribution in [0.2, 0.25) is 0 Å². The van der Waals surface area contributed by atoms with E-state index in [1.165, 1.54) is 23.5 Å². The van der Waals surface area contributed by atoms with Gasteiger partial charge in [0.25, 0.3) is 5.89 Å². The number of fused-ring (bicyclic) bond motifs is 1. The second-order valence-corrected chi connectivity index (χ2v) is 5.82. The molecule has 1 N–H and O–H groups in total. The first kappa shape index (κ1) is 13.6. The van der Waals surface area contributed by atoms with Crippen molar-refractivity contribution in [1.29, 1.82) is 0 Å². The second kappa shape index (κ2) is 5.29. The van der Waals surface area contributed by atoms with Gasteiger partial charge in [-0.15, -0.1) is 11.3 Å². The van der Waals surface area contributed by atoms with Gasteiger partial charge < -0.3 is 9.63 Å². The molecule has 0 aliphatic heterocycles. The van der Waals surface area contributed by atoms with Gasteiger partial charge in [0.05, 0.1) is 15.8 Å². The van der Waals surface area contributed by atoms with Crippen LogP contribution in [0.5, 0.6) is 0 Å². The molecule has 0 radical (unpaired) electrons. The van der Waals surface area contributed by atoms with E-state index in [0.717, 1.165) is 10.2 Å². The summed E-state index contributed by atoms with van der Waals surface area (Å²) in [5, 5.41) is 13.5. The Hall–Kier alpha value is -3.06. The molecular formula is C16H9N3O3S. The molecule has 0 saturated carbocycles. The van der Waals surface area contributed by atoms with E-state index < -0.39 is 5.97 Å². The average Bonchev–Trinajstić information content (AvgIpc) is 3.21. The predicted octanol–water partition coefficient (Wildman–Crippen LogP) is 3.71. The monoisotopic (exact) mass is 323 g/mol. The molecule has 0 fully saturated rings. The molecule has 0 aliphatic carbocycles. The molecule has 4 aromatic rings. The van der Waals surface area contributed by atoms with E-state index in [1.807, 2.05) is 24.3 Å². The van der Waals surface area contributed by atoms with E-state index in [1.54, 1.807) is 12.1 Å². The molecule has 0 unspecified atom stereocenters. The van der Waals surface area contributed by atoms with Crippen LogP contribution in [-0.4, -0.2) is 26.2 Å². The highest BCUT2D eigenvalue weighted by molar-refractivity contribution is 7.21. The Balaban J connectivity index is 1.69. The number of aromatic carboxylic acids is 1. The summed E-state index contributed by atoms with van der Waals surface area (Å²) in [6.07, 6.45) is 0. The molecule has 2 heterocycles. The lowest BCUT2D eigenvalue weighted by Crippen LogP contribution is -1.95. The quantitative estimate of drug-likeness (QED) is 0.618. The number of rotatable bonds is 3. The van der Waals surface area contributed by atoms with Crippen LogP contribution in [0, 0.1) is 0 Å². The summed E-state index contributed by atoms with van der Waals surface area (Å²) in [5.41, 5.74) is 1.79. The van der Waals surface area contributed by atoms with E-state index in [4.69, 9.17) is 9.63 Å². The number of hydrogen-bond acceptors (Lipinski definition) is 6. The molecule has 0 amide bonds. The highest BCUT2D eigenvalue weighted by atomic mass is 32.1. The number of nitrogens with zero attached hydrogens (tertiary/aromatic N) is 3. The third-order valence-electron chi connectivity index (χ3n) is 3.29. The minimum Gasteiger partial charge on any atom is -0.478 e. The zero-order chi connectivity index (χ0) is 15.8. The van der Waals surface area contributed by atoms with Gasteiger partial charge in [0.15, 0.2) is 5.01 Å². The molecule has 7 heteroatoms. The standard InChI is InChI=1S/C16H9N3O3S/c20-16(21)10-7-5-9(6-8-10)13-18-14(22-19-13)15-17-11-3-1-2-4-12(11)23-15/h1-8H,(H,20,21). The normalized spacial score (nSPS) is 11.0. The molecule has 0 bridgehead atoms. The molecular weight excluding hydrogens is 314 g/mol. The van der Waals surface area contributed by atoms with Gasteiger partial charge in [-0.25, -0.2) is 9.78 Å². The smallest absolute Gasteiger partial charge is 0.335 e. The molecule has 0 aliphatic rings. The number of carboxylic acid groups (broad SMARTS) is 1.